The number of nitrogens with zero attached hydrogens (tertiary/aromatic N) is 2. The quantitative estimate of drug-likeness (QED) is 0.541. The van der Waals surface area contributed by atoms with Gasteiger partial charge in [-0.3, -0.25) is 4.72 Å². The summed E-state index contributed by atoms with van der Waals surface area (Å²) >= 11 is 9.31. The molecule has 1 N–H and O–H groups in total. The van der Waals surface area contributed by atoms with Crippen LogP contribution in [-0.2, 0) is 16.6 Å². The molecule has 0 aliphatic carbocycles. The summed E-state index contributed by atoms with van der Waals surface area (Å²) in [5.41, 5.74) is 2.11. The molecule has 0 saturated carbocycles. The fourth-order valence-electron chi connectivity index (χ4n) is 2.47. The van der Waals surface area contributed by atoms with Gasteiger partial charge in [-0.05, 0) is 58.6 Å². The number of aryl methyl sites for hydroxylation is 2. The maximum atomic E-state index is 12.9. The van der Waals surface area contributed by atoms with E-state index in [2.05, 4.69) is 30.6 Å². The Bertz CT molecular complexity index is 1110. The van der Waals surface area contributed by atoms with Crippen LogP contribution < -0.4 is 9.46 Å². The lowest BCUT2D eigenvalue weighted by molar-refractivity contribution is 0.294. The number of anilines is 1. The largest absolute Gasteiger partial charge is 0.470 e. The molecule has 28 heavy (non-hydrogen) atoms. The normalized spacial score (nSPS) is 11.3. The minimum atomic E-state index is -3.91. The van der Waals surface area contributed by atoms with Crippen molar-refractivity contribution in [1.82, 2.24) is 9.97 Å². The van der Waals surface area contributed by atoms with Crippen molar-refractivity contribution in [2.45, 2.75) is 25.3 Å². The third-order valence-electron chi connectivity index (χ3n) is 3.91. The van der Waals surface area contributed by atoms with Crippen LogP contribution in [0.2, 0.25) is 5.02 Å². The van der Waals surface area contributed by atoms with Crippen LogP contribution in [0.5, 0.6) is 5.88 Å². The number of hydrogen-bond acceptors (Lipinski definition) is 5. The lowest BCUT2D eigenvalue weighted by Crippen LogP contribution is -2.17. The first-order chi connectivity index (χ1) is 13.3. The Balaban J connectivity index is 1.90. The van der Waals surface area contributed by atoms with Gasteiger partial charge in [0.1, 0.15) is 11.2 Å². The van der Waals surface area contributed by atoms with E-state index in [1.54, 1.807) is 19.9 Å². The summed E-state index contributed by atoms with van der Waals surface area (Å²) in [5, 5.41) is 0.506. The average molecular weight is 483 g/mol. The minimum Gasteiger partial charge on any atom is -0.470 e. The Hall–Kier alpha value is -2.16. The molecule has 3 aromatic rings. The summed E-state index contributed by atoms with van der Waals surface area (Å²) < 4.78 is 34.4. The maximum absolute atomic E-state index is 12.9. The molecule has 0 bridgehead atoms. The monoisotopic (exact) mass is 481 g/mol. The van der Waals surface area contributed by atoms with Crippen molar-refractivity contribution in [1.29, 1.82) is 0 Å². The molecule has 1 aromatic heterocycles. The first kappa shape index (κ1) is 20.6. The molecule has 3 rings (SSSR count). The van der Waals surface area contributed by atoms with Crippen LogP contribution in [0.15, 0.2) is 58.2 Å². The predicted octanol–water partition coefficient (Wildman–Crippen LogP) is 4.89. The van der Waals surface area contributed by atoms with Crippen molar-refractivity contribution >= 4 is 43.4 Å². The molecule has 0 atom stereocenters. The lowest BCUT2D eigenvalue weighted by Gasteiger charge is -2.14. The Morgan fingerprint density at radius 3 is 2.57 bits per heavy atom. The van der Waals surface area contributed by atoms with Crippen molar-refractivity contribution in [3.8, 4) is 5.88 Å². The smallest absolute Gasteiger partial charge is 0.263 e. The number of aromatic nitrogens is 2. The molecule has 0 saturated heterocycles. The number of halogens is 2. The van der Waals surface area contributed by atoms with Crippen LogP contribution in [0.4, 0.5) is 5.82 Å². The second kappa shape index (κ2) is 8.46. The Morgan fingerprint density at radius 2 is 1.86 bits per heavy atom. The molecule has 0 amide bonds. The van der Waals surface area contributed by atoms with Crippen LogP contribution in [0.25, 0.3) is 0 Å². The third kappa shape index (κ3) is 4.81. The zero-order valence-corrected chi connectivity index (χ0v) is 18.3. The Morgan fingerprint density at radius 1 is 1.14 bits per heavy atom. The second-order valence-electron chi connectivity index (χ2n) is 6.09. The molecule has 146 valence electrons. The molecule has 0 spiro atoms. The highest BCUT2D eigenvalue weighted by Gasteiger charge is 2.22. The maximum Gasteiger partial charge on any atom is 0.263 e. The van der Waals surface area contributed by atoms with Gasteiger partial charge in [-0.15, -0.1) is 0 Å². The third-order valence-corrected chi connectivity index (χ3v) is 6.18. The fourth-order valence-corrected chi connectivity index (χ4v) is 4.28. The number of rotatable bonds is 6. The SMILES string of the molecule is Cc1cc(S(=O)(=O)Nc2ncc(Br)nc2OCc2ccccc2)c(C)cc1Cl. The van der Waals surface area contributed by atoms with Crippen LogP contribution >= 0.6 is 27.5 Å². The van der Waals surface area contributed by atoms with Crippen molar-refractivity contribution < 1.29 is 13.2 Å². The number of benzene rings is 2. The molecule has 2 aromatic carbocycles. The number of nitrogens with one attached hydrogen (secondary N) is 1. The van der Waals surface area contributed by atoms with Crippen molar-refractivity contribution in [3.63, 3.8) is 0 Å². The van der Waals surface area contributed by atoms with Gasteiger partial charge in [0.25, 0.3) is 15.9 Å². The van der Waals surface area contributed by atoms with E-state index in [-0.39, 0.29) is 23.2 Å². The molecule has 9 heteroatoms. The van der Waals surface area contributed by atoms with Crippen LogP contribution in [-0.4, -0.2) is 18.4 Å². The van der Waals surface area contributed by atoms with E-state index in [4.69, 9.17) is 16.3 Å². The summed E-state index contributed by atoms with van der Waals surface area (Å²) in [5.74, 6) is 0.0799. The molecular weight excluding hydrogens is 466 g/mol. The molecule has 0 aliphatic rings. The molecule has 0 radical (unpaired) electrons. The van der Waals surface area contributed by atoms with Crippen LogP contribution in [0.3, 0.4) is 0 Å². The van der Waals surface area contributed by atoms with Crippen molar-refractivity contribution in [2.75, 3.05) is 4.72 Å². The van der Waals surface area contributed by atoms with Gasteiger partial charge in [-0.25, -0.2) is 18.4 Å². The van der Waals surface area contributed by atoms with E-state index >= 15 is 0 Å². The van der Waals surface area contributed by atoms with E-state index < -0.39 is 10.0 Å². The van der Waals surface area contributed by atoms with E-state index in [9.17, 15) is 8.42 Å². The number of ether oxygens (including phenoxy) is 1. The first-order valence-electron chi connectivity index (χ1n) is 8.25. The average Bonchev–Trinajstić information content (AvgIpc) is 2.65. The topological polar surface area (TPSA) is 81.2 Å². The molecule has 0 fully saturated rings. The molecule has 1 heterocycles. The van der Waals surface area contributed by atoms with Gasteiger partial charge >= 0.3 is 0 Å². The highest BCUT2D eigenvalue weighted by atomic mass is 79.9. The van der Waals surface area contributed by atoms with E-state index in [0.717, 1.165) is 5.56 Å². The molecule has 0 aliphatic heterocycles. The van der Waals surface area contributed by atoms with Crippen molar-refractivity contribution in [2.24, 2.45) is 0 Å². The predicted molar refractivity (Wildman–Crippen MR) is 112 cm³/mol. The lowest BCUT2D eigenvalue weighted by atomic mass is 10.2. The van der Waals surface area contributed by atoms with Gasteiger partial charge in [-0.2, -0.15) is 0 Å². The van der Waals surface area contributed by atoms with E-state index in [1.807, 2.05) is 30.3 Å². The molecular formula is C19H17BrClN3O3S. The summed E-state index contributed by atoms with van der Waals surface area (Å²) in [6.45, 7) is 3.65. The van der Waals surface area contributed by atoms with E-state index in [0.29, 0.717) is 20.8 Å². The summed E-state index contributed by atoms with van der Waals surface area (Å²) in [6, 6.07) is 12.6. The van der Waals surface area contributed by atoms with Crippen LogP contribution in [0, 0.1) is 13.8 Å². The number of sulfonamides is 1. The number of hydrogen-bond donors (Lipinski definition) is 1. The van der Waals surface area contributed by atoms with Gasteiger partial charge in [0, 0.05) is 5.02 Å². The molecule has 6 nitrogen and oxygen atoms in total. The van der Waals surface area contributed by atoms with Gasteiger partial charge in [0.2, 0.25) is 5.82 Å². The summed E-state index contributed by atoms with van der Waals surface area (Å²) in [6.07, 6.45) is 1.40. The molecule has 0 unspecified atom stereocenters. The second-order valence-corrected chi connectivity index (χ2v) is 8.96. The fraction of sp³-hybridized carbons (Fsp3) is 0.158. The highest BCUT2D eigenvalue weighted by molar-refractivity contribution is 9.10. The highest BCUT2D eigenvalue weighted by Crippen LogP contribution is 2.28. The zero-order valence-electron chi connectivity index (χ0n) is 15.1. The van der Waals surface area contributed by atoms with E-state index in [1.165, 1.54) is 12.3 Å². The Kier molecular flexibility index (Phi) is 6.22. The van der Waals surface area contributed by atoms with Gasteiger partial charge in [0.05, 0.1) is 11.1 Å². The summed E-state index contributed by atoms with van der Waals surface area (Å²) in [4.78, 5) is 8.44. The van der Waals surface area contributed by atoms with Gasteiger partial charge in [0.15, 0.2) is 0 Å². The minimum absolute atomic E-state index is 0.00568. The standard InChI is InChI=1S/C19H17BrClN3O3S/c1-12-9-16(13(2)8-15(12)21)28(25,26)24-18-19(23-17(20)10-22-18)27-11-14-6-4-3-5-7-14/h3-10H,11H2,1-2H3,(H,22,24). The van der Waals surface area contributed by atoms with Crippen molar-refractivity contribution in [3.05, 3.63) is 75.0 Å². The summed E-state index contributed by atoms with van der Waals surface area (Å²) in [7, 11) is -3.91. The first-order valence-corrected chi connectivity index (χ1v) is 10.9. The Labute approximate surface area is 177 Å². The van der Waals surface area contributed by atoms with Gasteiger partial charge < -0.3 is 4.74 Å². The zero-order chi connectivity index (χ0) is 20.3. The van der Waals surface area contributed by atoms with Crippen LogP contribution in [0.1, 0.15) is 16.7 Å². The van der Waals surface area contributed by atoms with Gasteiger partial charge in [-0.1, -0.05) is 41.9 Å².